The van der Waals surface area contributed by atoms with Gasteiger partial charge in [0.2, 0.25) is 0 Å². The van der Waals surface area contributed by atoms with Gasteiger partial charge in [-0.25, -0.2) is 0 Å². The second-order valence-corrected chi connectivity index (χ2v) is 5.15. The SMILES string of the molecule is CN(C)C(=S)S.[Ni].c1ccc(Nc2ccccc2)cc1. The molecule has 0 fully saturated rings. The molecule has 0 saturated heterocycles. The zero-order valence-corrected chi connectivity index (χ0v) is 14.1. The normalized spacial score (nSPS) is 8.55. The van der Waals surface area contributed by atoms with Crippen LogP contribution in [-0.2, 0) is 16.5 Å². The van der Waals surface area contributed by atoms with Crippen LogP contribution in [0.4, 0.5) is 11.4 Å². The van der Waals surface area contributed by atoms with Gasteiger partial charge in [-0.05, 0) is 24.3 Å². The van der Waals surface area contributed by atoms with Crippen molar-refractivity contribution in [3.05, 3.63) is 60.7 Å². The van der Waals surface area contributed by atoms with Gasteiger partial charge < -0.3 is 10.2 Å². The van der Waals surface area contributed by atoms with Gasteiger partial charge in [0.1, 0.15) is 4.32 Å². The van der Waals surface area contributed by atoms with E-state index >= 15 is 0 Å². The molecule has 2 nitrogen and oxygen atoms in total. The molecule has 0 bridgehead atoms. The zero-order valence-electron chi connectivity index (χ0n) is 11.4. The first-order valence-electron chi connectivity index (χ1n) is 5.87. The monoisotopic (exact) mass is 348 g/mol. The standard InChI is InChI=1S/C12H11N.C3H7NS2.Ni/c1-3-7-11(8-4-1)13-12-9-5-2-6-10-12;1-4(2)3(5)6;/h1-10,13H;1-2H3,(H,5,6);. The third-order valence-electron chi connectivity index (χ3n) is 2.22. The second kappa shape index (κ2) is 10.7. The van der Waals surface area contributed by atoms with Crippen LogP contribution in [0.3, 0.4) is 0 Å². The van der Waals surface area contributed by atoms with Crippen molar-refractivity contribution >= 4 is 40.5 Å². The summed E-state index contributed by atoms with van der Waals surface area (Å²) >= 11 is 8.46. The third kappa shape index (κ3) is 8.21. The Morgan fingerprint density at radius 3 is 1.45 bits per heavy atom. The Morgan fingerprint density at radius 2 is 1.20 bits per heavy atom. The third-order valence-corrected chi connectivity index (χ3v) is 2.98. The molecule has 110 valence electrons. The summed E-state index contributed by atoms with van der Waals surface area (Å²) < 4.78 is 0.620. The Balaban J connectivity index is 0.000000448. The molecule has 2 rings (SSSR count). The quantitative estimate of drug-likeness (QED) is 0.481. The fraction of sp³-hybridized carbons (Fsp3) is 0.133. The molecule has 0 saturated carbocycles. The van der Waals surface area contributed by atoms with E-state index in [1.807, 2.05) is 74.8 Å². The number of thiocarbonyl (C=S) groups is 1. The van der Waals surface area contributed by atoms with Crippen LogP contribution in [0.5, 0.6) is 0 Å². The summed E-state index contributed by atoms with van der Waals surface area (Å²) in [7, 11) is 3.71. The van der Waals surface area contributed by atoms with Crippen molar-refractivity contribution in [2.45, 2.75) is 0 Å². The summed E-state index contributed by atoms with van der Waals surface area (Å²) in [6.07, 6.45) is 0. The number of anilines is 2. The molecule has 0 aliphatic rings. The first-order chi connectivity index (χ1) is 9.09. The van der Waals surface area contributed by atoms with Crippen molar-refractivity contribution in [2.75, 3.05) is 19.4 Å². The van der Waals surface area contributed by atoms with E-state index in [0.29, 0.717) is 4.32 Å². The van der Waals surface area contributed by atoms with Gasteiger partial charge in [-0.2, -0.15) is 0 Å². The smallest absolute Gasteiger partial charge is 0.132 e. The Hall–Kier alpha value is -1.03. The molecule has 0 unspecified atom stereocenters. The second-order valence-electron chi connectivity index (χ2n) is 4.03. The van der Waals surface area contributed by atoms with Crippen LogP contribution in [0, 0.1) is 0 Å². The molecule has 1 N–H and O–H groups in total. The first kappa shape index (κ1) is 19.0. The molecule has 0 aliphatic carbocycles. The van der Waals surface area contributed by atoms with E-state index in [1.165, 1.54) is 0 Å². The van der Waals surface area contributed by atoms with E-state index in [0.717, 1.165) is 11.4 Å². The molecule has 2 aromatic carbocycles. The van der Waals surface area contributed by atoms with E-state index in [2.05, 4.69) is 30.2 Å². The summed E-state index contributed by atoms with van der Waals surface area (Å²) in [5.74, 6) is 0. The van der Waals surface area contributed by atoms with Gasteiger partial charge in [0.25, 0.3) is 0 Å². The number of para-hydroxylation sites is 2. The van der Waals surface area contributed by atoms with Crippen LogP contribution in [0.1, 0.15) is 0 Å². The van der Waals surface area contributed by atoms with Gasteiger partial charge >= 0.3 is 0 Å². The summed E-state index contributed by atoms with van der Waals surface area (Å²) in [4.78, 5) is 1.76. The van der Waals surface area contributed by atoms with Crippen LogP contribution >= 0.6 is 24.8 Å². The summed E-state index contributed by atoms with van der Waals surface area (Å²) in [6, 6.07) is 20.3. The van der Waals surface area contributed by atoms with Gasteiger partial charge in [-0.15, -0.1) is 12.6 Å². The molecule has 2 aromatic rings. The van der Waals surface area contributed by atoms with Crippen molar-refractivity contribution in [3.63, 3.8) is 0 Å². The predicted octanol–water partition coefficient (Wildman–Crippen LogP) is 4.19. The molecule has 20 heavy (non-hydrogen) atoms. The van der Waals surface area contributed by atoms with E-state index in [4.69, 9.17) is 0 Å². The van der Waals surface area contributed by atoms with E-state index in [9.17, 15) is 0 Å². The average molecular weight is 349 g/mol. The minimum absolute atomic E-state index is 0. The van der Waals surface area contributed by atoms with Gasteiger partial charge in [0.15, 0.2) is 0 Å². The number of nitrogens with one attached hydrogen (secondary N) is 1. The molecule has 0 radical (unpaired) electrons. The topological polar surface area (TPSA) is 15.3 Å². The zero-order chi connectivity index (χ0) is 14.1. The van der Waals surface area contributed by atoms with Crippen LogP contribution in [0.2, 0.25) is 0 Å². The molecular weight excluding hydrogens is 331 g/mol. The number of benzene rings is 2. The number of rotatable bonds is 2. The predicted molar refractivity (Wildman–Crippen MR) is 91.4 cm³/mol. The summed E-state index contributed by atoms with van der Waals surface area (Å²) in [5.41, 5.74) is 2.24. The molecule has 0 aromatic heterocycles. The van der Waals surface area contributed by atoms with Gasteiger partial charge in [-0.1, -0.05) is 48.6 Å². The minimum Gasteiger partial charge on any atom is -0.364 e. The van der Waals surface area contributed by atoms with Crippen molar-refractivity contribution in [1.29, 1.82) is 0 Å². The molecule has 5 heteroatoms. The fourth-order valence-electron chi connectivity index (χ4n) is 1.21. The largest absolute Gasteiger partial charge is 0.364 e. The minimum atomic E-state index is 0. The maximum absolute atomic E-state index is 4.61. The maximum Gasteiger partial charge on any atom is 0.132 e. The molecule has 0 aliphatic heterocycles. The molecule has 0 amide bonds. The van der Waals surface area contributed by atoms with Crippen molar-refractivity contribution in [2.24, 2.45) is 0 Å². The van der Waals surface area contributed by atoms with Crippen LogP contribution in [0.25, 0.3) is 0 Å². The Labute approximate surface area is 141 Å². The van der Waals surface area contributed by atoms with Crippen molar-refractivity contribution in [3.8, 4) is 0 Å². The van der Waals surface area contributed by atoms with E-state index in [1.54, 1.807) is 4.90 Å². The van der Waals surface area contributed by atoms with Gasteiger partial charge in [-0.3, -0.25) is 0 Å². The van der Waals surface area contributed by atoms with Gasteiger partial charge in [0, 0.05) is 42.0 Å². The summed E-state index contributed by atoms with van der Waals surface area (Å²) in [6.45, 7) is 0. The number of hydrogen-bond donors (Lipinski definition) is 2. The Kier molecular flexibility index (Phi) is 10.2. The maximum atomic E-state index is 4.61. The molecular formula is C15H18N2NiS2. The fourth-order valence-corrected chi connectivity index (χ4v) is 1.21. The van der Waals surface area contributed by atoms with Crippen molar-refractivity contribution in [1.82, 2.24) is 4.90 Å². The Morgan fingerprint density at radius 1 is 0.900 bits per heavy atom. The molecule has 0 atom stereocenters. The van der Waals surface area contributed by atoms with Crippen LogP contribution in [-0.4, -0.2) is 23.3 Å². The van der Waals surface area contributed by atoms with Crippen LogP contribution < -0.4 is 5.32 Å². The van der Waals surface area contributed by atoms with E-state index < -0.39 is 0 Å². The first-order valence-corrected chi connectivity index (χ1v) is 6.72. The molecule has 0 spiro atoms. The number of nitrogens with zero attached hydrogens (tertiary/aromatic N) is 1. The summed E-state index contributed by atoms with van der Waals surface area (Å²) in [5, 5.41) is 3.30. The number of thiol groups is 1. The number of hydrogen-bond acceptors (Lipinski definition) is 2. The average Bonchev–Trinajstić information content (AvgIpc) is 2.41. The Bertz CT molecular complexity index is 452. The molecule has 0 heterocycles. The van der Waals surface area contributed by atoms with Gasteiger partial charge in [0.05, 0.1) is 0 Å². The van der Waals surface area contributed by atoms with Crippen molar-refractivity contribution < 1.29 is 16.5 Å². The van der Waals surface area contributed by atoms with E-state index in [-0.39, 0.29) is 16.5 Å². The van der Waals surface area contributed by atoms with Crippen LogP contribution in [0.15, 0.2) is 60.7 Å².